The van der Waals surface area contributed by atoms with Crippen molar-refractivity contribution < 1.29 is 4.79 Å². The topological polar surface area (TPSA) is 67.2 Å². The summed E-state index contributed by atoms with van der Waals surface area (Å²) >= 11 is 3.38. The minimum atomic E-state index is -0.319. The van der Waals surface area contributed by atoms with E-state index in [4.69, 9.17) is 5.73 Å². The molecule has 0 bridgehead atoms. The van der Waals surface area contributed by atoms with Crippen LogP contribution in [0.4, 0.5) is 11.4 Å². The predicted molar refractivity (Wildman–Crippen MR) is 79.5 cm³/mol. The number of nitrogen functional groups attached to an aromatic ring is 1. The van der Waals surface area contributed by atoms with Crippen LogP contribution in [0.3, 0.4) is 0 Å². The van der Waals surface area contributed by atoms with Crippen LogP contribution < -0.4 is 16.4 Å². The van der Waals surface area contributed by atoms with Crippen LogP contribution in [0.15, 0.2) is 22.7 Å². The van der Waals surface area contributed by atoms with Crippen molar-refractivity contribution in [2.45, 2.75) is 26.8 Å². The molecule has 100 valence electrons. The number of halogens is 1. The van der Waals surface area contributed by atoms with Crippen LogP contribution in [-0.2, 0) is 4.79 Å². The maximum atomic E-state index is 11.8. The van der Waals surface area contributed by atoms with Crippen molar-refractivity contribution in [1.82, 2.24) is 5.32 Å². The number of benzene rings is 1. The molecule has 0 fully saturated rings. The van der Waals surface area contributed by atoms with Gasteiger partial charge in [0.15, 0.2) is 0 Å². The number of nitrogens with two attached hydrogens (primary N) is 1. The first-order chi connectivity index (χ1) is 8.40. The van der Waals surface area contributed by atoms with Gasteiger partial charge in [0.2, 0.25) is 5.91 Å². The second kappa shape index (κ2) is 6.64. The van der Waals surface area contributed by atoms with Crippen LogP contribution in [-0.4, -0.2) is 18.5 Å². The molecule has 0 heterocycles. The zero-order valence-electron chi connectivity index (χ0n) is 11.0. The third-order valence-corrected chi connectivity index (χ3v) is 2.96. The maximum Gasteiger partial charge on any atom is 0.242 e. The first-order valence-electron chi connectivity index (χ1n) is 5.99. The van der Waals surface area contributed by atoms with Gasteiger partial charge in [-0.1, -0.05) is 29.8 Å². The molecule has 0 radical (unpaired) electrons. The average Bonchev–Trinajstić information content (AvgIpc) is 2.30. The third-order valence-electron chi connectivity index (χ3n) is 2.47. The summed E-state index contributed by atoms with van der Waals surface area (Å²) in [5, 5.41) is 5.99. The summed E-state index contributed by atoms with van der Waals surface area (Å²) in [6.45, 7) is 6.62. The first-order valence-corrected chi connectivity index (χ1v) is 6.78. The minimum Gasteiger partial charge on any atom is -0.397 e. The van der Waals surface area contributed by atoms with Crippen molar-refractivity contribution in [3.8, 4) is 0 Å². The fourth-order valence-corrected chi connectivity index (χ4v) is 1.77. The molecular formula is C13H20BrN3O. The van der Waals surface area contributed by atoms with Gasteiger partial charge in [0.25, 0.3) is 0 Å². The Balaban J connectivity index is 2.60. The second-order valence-corrected chi connectivity index (χ2v) is 5.65. The van der Waals surface area contributed by atoms with E-state index in [1.54, 1.807) is 6.07 Å². The molecule has 0 saturated carbocycles. The number of hydrogen-bond acceptors (Lipinski definition) is 3. The molecule has 1 atom stereocenters. The summed E-state index contributed by atoms with van der Waals surface area (Å²) in [5.74, 6) is 0.417. The normalized spacial score (nSPS) is 12.3. The molecule has 4 N–H and O–H groups in total. The number of anilines is 2. The van der Waals surface area contributed by atoms with Crippen LogP contribution in [0.5, 0.6) is 0 Å². The van der Waals surface area contributed by atoms with E-state index in [2.05, 4.69) is 40.4 Å². The number of amides is 1. The van der Waals surface area contributed by atoms with Gasteiger partial charge >= 0.3 is 0 Å². The van der Waals surface area contributed by atoms with Crippen molar-refractivity contribution in [1.29, 1.82) is 0 Å². The Morgan fingerprint density at radius 1 is 1.39 bits per heavy atom. The summed E-state index contributed by atoms with van der Waals surface area (Å²) in [4.78, 5) is 11.8. The van der Waals surface area contributed by atoms with Crippen LogP contribution in [0.2, 0.25) is 0 Å². The van der Waals surface area contributed by atoms with E-state index in [0.29, 0.717) is 18.2 Å². The summed E-state index contributed by atoms with van der Waals surface area (Å²) in [5.41, 5.74) is 7.23. The highest BCUT2D eigenvalue weighted by atomic mass is 79.9. The van der Waals surface area contributed by atoms with Crippen LogP contribution in [0.25, 0.3) is 0 Å². The molecule has 0 aromatic heterocycles. The third kappa shape index (κ3) is 4.56. The van der Waals surface area contributed by atoms with Crippen molar-refractivity contribution in [3.63, 3.8) is 0 Å². The van der Waals surface area contributed by atoms with Gasteiger partial charge in [-0.2, -0.15) is 0 Å². The van der Waals surface area contributed by atoms with E-state index < -0.39 is 0 Å². The van der Waals surface area contributed by atoms with Gasteiger partial charge in [0.1, 0.15) is 6.04 Å². The number of rotatable bonds is 5. The smallest absolute Gasteiger partial charge is 0.242 e. The average molecular weight is 314 g/mol. The Labute approximate surface area is 116 Å². The zero-order valence-corrected chi connectivity index (χ0v) is 12.5. The molecule has 0 spiro atoms. The zero-order chi connectivity index (χ0) is 13.7. The van der Waals surface area contributed by atoms with E-state index in [1.807, 2.05) is 19.1 Å². The molecular weight excluding hydrogens is 294 g/mol. The molecule has 1 unspecified atom stereocenters. The van der Waals surface area contributed by atoms with Crippen molar-refractivity contribution in [3.05, 3.63) is 22.7 Å². The lowest BCUT2D eigenvalue weighted by Crippen LogP contribution is -2.39. The number of carbonyl (C=O) groups is 1. The molecule has 0 saturated heterocycles. The van der Waals surface area contributed by atoms with E-state index in [1.165, 1.54) is 0 Å². The Morgan fingerprint density at radius 3 is 2.67 bits per heavy atom. The van der Waals surface area contributed by atoms with Crippen molar-refractivity contribution in [2.75, 3.05) is 17.6 Å². The van der Waals surface area contributed by atoms with E-state index in [-0.39, 0.29) is 11.9 Å². The first kappa shape index (κ1) is 14.8. The standard InChI is InChI=1S/C13H20BrN3O/c1-8(2)7-16-13(18)9(3)17-12-6-10(14)4-5-11(12)15/h4-6,8-9,17H,7,15H2,1-3H3,(H,16,18). The Morgan fingerprint density at radius 2 is 2.06 bits per heavy atom. The van der Waals surface area contributed by atoms with Gasteiger partial charge in [-0.25, -0.2) is 0 Å². The molecule has 0 aliphatic rings. The summed E-state index contributed by atoms with van der Waals surface area (Å²) < 4.78 is 0.925. The van der Waals surface area contributed by atoms with Crippen molar-refractivity contribution in [2.24, 2.45) is 5.92 Å². The molecule has 1 amide bonds. The number of nitrogens with one attached hydrogen (secondary N) is 2. The molecule has 1 aromatic carbocycles. The fraction of sp³-hybridized carbons (Fsp3) is 0.462. The van der Waals surface area contributed by atoms with Gasteiger partial charge in [-0.15, -0.1) is 0 Å². The molecule has 0 aliphatic heterocycles. The molecule has 1 aromatic rings. The van der Waals surface area contributed by atoms with Crippen LogP contribution in [0.1, 0.15) is 20.8 Å². The summed E-state index contributed by atoms with van der Waals surface area (Å²) in [7, 11) is 0. The predicted octanol–water partition coefficient (Wildman–Crippen LogP) is 2.60. The Kier molecular flexibility index (Phi) is 5.47. The Hall–Kier alpha value is -1.23. The van der Waals surface area contributed by atoms with Crippen molar-refractivity contribution >= 4 is 33.2 Å². The fourth-order valence-electron chi connectivity index (χ4n) is 1.41. The lowest BCUT2D eigenvalue weighted by atomic mass is 10.2. The van der Waals surface area contributed by atoms with Crippen LogP contribution >= 0.6 is 15.9 Å². The largest absolute Gasteiger partial charge is 0.397 e. The highest BCUT2D eigenvalue weighted by molar-refractivity contribution is 9.10. The van der Waals surface area contributed by atoms with Gasteiger partial charge in [-0.3, -0.25) is 4.79 Å². The van der Waals surface area contributed by atoms with Crippen LogP contribution in [0, 0.1) is 5.92 Å². The molecule has 5 heteroatoms. The molecule has 4 nitrogen and oxygen atoms in total. The minimum absolute atomic E-state index is 0.0249. The second-order valence-electron chi connectivity index (χ2n) is 4.74. The maximum absolute atomic E-state index is 11.8. The molecule has 18 heavy (non-hydrogen) atoms. The molecule has 1 rings (SSSR count). The highest BCUT2D eigenvalue weighted by Gasteiger charge is 2.13. The van der Waals surface area contributed by atoms with Gasteiger partial charge in [0.05, 0.1) is 11.4 Å². The summed E-state index contributed by atoms with van der Waals surface area (Å²) in [6, 6.07) is 5.21. The SMILES string of the molecule is CC(C)CNC(=O)C(C)Nc1cc(Br)ccc1N. The molecule has 0 aliphatic carbocycles. The Bertz CT molecular complexity index is 421. The summed E-state index contributed by atoms with van der Waals surface area (Å²) in [6.07, 6.45) is 0. The number of hydrogen-bond donors (Lipinski definition) is 3. The quantitative estimate of drug-likeness (QED) is 0.732. The van der Waals surface area contributed by atoms with Gasteiger partial charge in [0, 0.05) is 11.0 Å². The van der Waals surface area contributed by atoms with Gasteiger partial charge < -0.3 is 16.4 Å². The van der Waals surface area contributed by atoms with E-state index >= 15 is 0 Å². The number of carbonyl (C=O) groups excluding carboxylic acids is 1. The van der Waals surface area contributed by atoms with E-state index in [9.17, 15) is 4.79 Å². The lowest BCUT2D eigenvalue weighted by molar-refractivity contribution is -0.121. The monoisotopic (exact) mass is 313 g/mol. The van der Waals surface area contributed by atoms with E-state index in [0.717, 1.165) is 10.2 Å². The van der Waals surface area contributed by atoms with Gasteiger partial charge in [-0.05, 0) is 31.0 Å². The highest BCUT2D eigenvalue weighted by Crippen LogP contribution is 2.23. The lowest BCUT2D eigenvalue weighted by Gasteiger charge is -2.17.